The Hall–Kier alpha value is -1.34. The van der Waals surface area contributed by atoms with Crippen LogP contribution in [0.1, 0.15) is 25.6 Å². The number of aliphatic hydroxyl groups excluding tert-OH is 1. The molecular weight excluding hydrogens is 166 g/mol. The van der Waals surface area contributed by atoms with Gasteiger partial charge in [-0.1, -0.05) is 0 Å². The van der Waals surface area contributed by atoms with Crippen LogP contribution in [0, 0.1) is 17.2 Å². The molecule has 1 rings (SSSR count). The van der Waals surface area contributed by atoms with E-state index in [9.17, 15) is 5.11 Å². The summed E-state index contributed by atoms with van der Waals surface area (Å²) in [5.74, 6) is -0.401. The van der Waals surface area contributed by atoms with Crippen LogP contribution in [0.4, 0.5) is 0 Å². The van der Waals surface area contributed by atoms with E-state index in [2.05, 4.69) is 4.98 Å². The molecule has 13 heavy (non-hydrogen) atoms. The van der Waals surface area contributed by atoms with Gasteiger partial charge in [0.15, 0.2) is 0 Å². The van der Waals surface area contributed by atoms with E-state index >= 15 is 0 Å². The van der Waals surface area contributed by atoms with Crippen molar-refractivity contribution in [1.29, 1.82) is 5.26 Å². The molecule has 70 valence electrons. The van der Waals surface area contributed by atoms with Crippen molar-refractivity contribution in [2.45, 2.75) is 26.5 Å². The Morgan fingerprint density at radius 2 is 2.46 bits per heavy atom. The third kappa shape index (κ3) is 1.87. The van der Waals surface area contributed by atoms with Gasteiger partial charge >= 0.3 is 0 Å². The number of nitrogens with zero attached hydrogens (tertiary/aromatic N) is 3. The van der Waals surface area contributed by atoms with Gasteiger partial charge in [-0.15, -0.1) is 0 Å². The average Bonchev–Trinajstić information content (AvgIpc) is 2.62. The third-order valence-corrected chi connectivity index (χ3v) is 2.07. The number of aryl methyl sites for hydroxylation is 1. The normalized spacial score (nSPS) is 14.9. The fourth-order valence-corrected chi connectivity index (χ4v) is 1.17. The third-order valence-electron chi connectivity index (χ3n) is 2.07. The molecule has 4 nitrogen and oxygen atoms in total. The number of hydrogen-bond acceptors (Lipinski definition) is 3. The molecular formula is C9H13N3O. The molecule has 0 aliphatic rings. The Morgan fingerprint density at radius 3 is 3.00 bits per heavy atom. The number of aliphatic hydroxyl groups is 1. The number of nitriles is 1. The lowest BCUT2D eigenvalue weighted by molar-refractivity contribution is 0.134. The average molecular weight is 179 g/mol. The molecule has 1 aromatic rings. The molecule has 2 atom stereocenters. The van der Waals surface area contributed by atoms with Crippen molar-refractivity contribution in [3.05, 3.63) is 18.2 Å². The van der Waals surface area contributed by atoms with Crippen molar-refractivity contribution in [3.63, 3.8) is 0 Å². The van der Waals surface area contributed by atoms with Crippen molar-refractivity contribution in [2.75, 3.05) is 0 Å². The van der Waals surface area contributed by atoms with E-state index in [1.54, 1.807) is 19.4 Å². The second-order valence-corrected chi connectivity index (χ2v) is 2.97. The van der Waals surface area contributed by atoms with Crippen LogP contribution in [0.15, 0.2) is 12.5 Å². The second kappa shape index (κ2) is 4.06. The Labute approximate surface area is 77.4 Å². The van der Waals surface area contributed by atoms with Gasteiger partial charge in [0.1, 0.15) is 6.10 Å². The zero-order valence-electron chi connectivity index (χ0n) is 7.81. The standard InChI is InChI=1S/C9H13N3O/c1-3-12-6-11-5-8(12)9(13)7(2)4-10/h5-7,9,13H,3H2,1-2H3. The summed E-state index contributed by atoms with van der Waals surface area (Å²) in [5.41, 5.74) is 0.705. The molecule has 0 aromatic carbocycles. The first kappa shape index (κ1) is 9.75. The molecule has 1 heterocycles. The van der Waals surface area contributed by atoms with Crippen molar-refractivity contribution in [2.24, 2.45) is 5.92 Å². The maximum absolute atomic E-state index is 9.71. The molecule has 0 bridgehead atoms. The molecule has 0 saturated carbocycles. The highest BCUT2D eigenvalue weighted by atomic mass is 16.3. The quantitative estimate of drug-likeness (QED) is 0.755. The predicted molar refractivity (Wildman–Crippen MR) is 47.6 cm³/mol. The Morgan fingerprint density at radius 1 is 1.77 bits per heavy atom. The van der Waals surface area contributed by atoms with Gasteiger partial charge in [0, 0.05) is 6.54 Å². The Kier molecular flexibility index (Phi) is 3.04. The van der Waals surface area contributed by atoms with E-state index in [-0.39, 0.29) is 0 Å². The summed E-state index contributed by atoms with van der Waals surface area (Å²) in [7, 11) is 0. The predicted octanol–water partition coefficient (Wildman–Crippen LogP) is 1.10. The molecule has 0 amide bonds. The van der Waals surface area contributed by atoms with Crippen LogP contribution in [-0.2, 0) is 6.54 Å². The molecule has 0 spiro atoms. The fourth-order valence-electron chi connectivity index (χ4n) is 1.17. The largest absolute Gasteiger partial charge is 0.385 e. The van der Waals surface area contributed by atoms with Gasteiger partial charge in [0.2, 0.25) is 0 Å². The van der Waals surface area contributed by atoms with Crippen molar-refractivity contribution in [3.8, 4) is 6.07 Å². The summed E-state index contributed by atoms with van der Waals surface area (Å²) in [5, 5.41) is 18.3. The van der Waals surface area contributed by atoms with E-state index in [1.165, 1.54) is 0 Å². The molecule has 2 unspecified atom stereocenters. The van der Waals surface area contributed by atoms with E-state index in [1.807, 2.05) is 17.6 Å². The maximum Gasteiger partial charge on any atom is 0.111 e. The SMILES string of the molecule is CCn1cncc1C(O)C(C)C#N. The van der Waals surface area contributed by atoms with Gasteiger partial charge in [0.25, 0.3) is 0 Å². The molecule has 0 radical (unpaired) electrons. The summed E-state index contributed by atoms with van der Waals surface area (Å²) in [6, 6.07) is 2.01. The first-order valence-electron chi connectivity index (χ1n) is 4.28. The molecule has 4 heteroatoms. The van der Waals surface area contributed by atoms with E-state index in [0.29, 0.717) is 5.69 Å². The van der Waals surface area contributed by atoms with Crippen LogP contribution in [0.3, 0.4) is 0 Å². The molecule has 0 aliphatic heterocycles. The van der Waals surface area contributed by atoms with Gasteiger partial charge < -0.3 is 9.67 Å². The zero-order valence-corrected chi connectivity index (χ0v) is 7.81. The molecule has 0 fully saturated rings. The summed E-state index contributed by atoms with van der Waals surface area (Å²) in [6.45, 7) is 4.41. The van der Waals surface area contributed by atoms with Gasteiger partial charge in [-0.3, -0.25) is 0 Å². The molecule has 1 aromatic heterocycles. The van der Waals surface area contributed by atoms with Crippen LogP contribution in [0.5, 0.6) is 0 Å². The molecule has 0 aliphatic carbocycles. The summed E-state index contributed by atoms with van der Waals surface area (Å²) < 4.78 is 1.83. The lowest BCUT2D eigenvalue weighted by Gasteiger charge is -2.13. The minimum Gasteiger partial charge on any atom is -0.385 e. The van der Waals surface area contributed by atoms with Gasteiger partial charge in [-0.05, 0) is 13.8 Å². The fraction of sp³-hybridized carbons (Fsp3) is 0.556. The van der Waals surface area contributed by atoms with Crippen LogP contribution in [0.2, 0.25) is 0 Å². The second-order valence-electron chi connectivity index (χ2n) is 2.97. The minimum atomic E-state index is -0.743. The van der Waals surface area contributed by atoms with Crippen molar-refractivity contribution >= 4 is 0 Å². The monoisotopic (exact) mass is 179 g/mol. The Balaban J connectivity index is 2.88. The van der Waals surface area contributed by atoms with E-state index in [0.717, 1.165) is 6.54 Å². The lowest BCUT2D eigenvalue weighted by Crippen LogP contribution is -2.12. The van der Waals surface area contributed by atoms with Gasteiger partial charge in [0.05, 0.1) is 30.2 Å². The van der Waals surface area contributed by atoms with Gasteiger partial charge in [-0.2, -0.15) is 5.26 Å². The molecule has 0 saturated heterocycles. The maximum atomic E-state index is 9.71. The smallest absolute Gasteiger partial charge is 0.111 e. The zero-order chi connectivity index (χ0) is 9.84. The van der Waals surface area contributed by atoms with Crippen LogP contribution in [-0.4, -0.2) is 14.7 Å². The van der Waals surface area contributed by atoms with Crippen LogP contribution < -0.4 is 0 Å². The number of imidazole rings is 1. The van der Waals surface area contributed by atoms with Crippen LogP contribution in [0.25, 0.3) is 0 Å². The number of aromatic nitrogens is 2. The Bertz CT molecular complexity index is 313. The highest BCUT2D eigenvalue weighted by Gasteiger charge is 2.18. The topological polar surface area (TPSA) is 61.8 Å². The first-order chi connectivity index (χ1) is 6.20. The van der Waals surface area contributed by atoms with Crippen LogP contribution >= 0.6 is 0 Å². The van der Waals surface area contributed by atoms with E-state index in [4.69, 9.17) is 5.26 Å². The highest BCUT2D eigenvalue weighted by Crippen LogP contribution is 2.20. The van der Waals surface area contributed by atoms with E-state index < -0.39 is 12.0 Å². The van der Waals surface area contributed by atoms with Crippen molar-refractivity contribution in [1.82, 2.24) is 9.55 Å². The first-order valence-corrected chi connectivity index (χ1v) is 4.28. The number of rotatable bonds is 3. The van der Waals surface area contributed by atoms with Gasteiger partial charge in [-0.25, -0.2) is 4.98 Å². The summed E-state index contributed by atoms with van der Waals surface area (Å²) >= 11 is 0. The minimum absolute atomic E-state index is 0.401. The summed E-state index contributed by atoms with van der Waals surface area (Å²) in [4.78, 5) is 3.92. The lowest BCUT2D eigenvalue weighted by atomic mass is 10.0. The molecule has 1 N–H and O–H groups in total. The summed E-state index contributed by atoms with van der Waals surface area (Å²) in [6.07, 6.45) is 2.51. The van der Waals surface area contributed by atoms with Crippen molar-refractivity contribution < 1.29 is 5.11 Å². The number of hydrogen-bond donors (Lipinski definition) is 1. The highest BCUT2D eigenvalue weighted by molar-refractivity contribution is 5.07.